The summed E-state index contributed by atoms with van der Waals surface area (Å²) in [7, 11) is 0. The summed E-state index contributed by atoms with van der Waals surface area (Å²) >= 11 is 0. The summed E-state index contributed by atoms with van der Waals surface area (Å²) in [5, 5.41) is 0. The highest BCUT2D eigenvalue weighted by atomic mass is 19.4. The molecule has 0 atom stereocenters. The average molecular weight is 268 g/mol. The number of rotatable bonds is 2. The SMILES string of the molecule is FC1(F)CCC(Cn2ccnc2C(F)(F)F)CC1. The number of imidazole rings is 1. The van der Waals surface area contributed by atoms with Crippen molar-refractivity contribution in [3.8, 4) is 0 Å². The Morgan fingerprint density at radius 3 is 2.44 bits per heavy atom. The Balaban J connectivity index is 2.01. The van der Waals surface area contributed by atoms with Gasteiger partial charge in [-0.3, -0.25) is 0 Å². The lowest BCUT2D eigenvalue weighted by molar-refractivity contribution is -0.147. The Kier molecular flexibility index (Phi) is 3.33. The van der Waals surface area contributed by atoms with Crippen LogP contribution in [0.2, 0.25) is 0 Å². The van der Waals surface area contributed by atoms with E-state index in [1.54, 1.807) is 0 Å². The molecule has 0 saturated heterocycles. The minimum Gasteiger partial charge on any atom is -0.327 e. The van der Waals surface area contributed by atoms with Crippen molar-refractivity contribution in [2.24, 2.45) is 5.92 Å². The maximum absolute atomic E-state index is 12.9. The molecule has 2 rings (SSSR count). The van der Waals surface area contributed by atoms with Gasteiger partial charge in [-0.25, -0.2) is 13.8 Å². The zero-order valence-electron chi connectivity index (χ0n) is 9.55. The molecule has 18 heavy (non-hydrogen) atoms. The van der Waals surface area contributed by atoms with Gasteiger partial charge in [0.1, 0.15) is 0 Å². The largest absolute Gasteiger partial charge is 0.449 e. The van der Waals surface area contributed by atoms with Crippen LogP contribution in [0, 0.1) is 5.92 Å². The summed E-state index contributed by atoms with van der Waals surface area (Å²) in [6.45, 7) is 0.102. The minimum absolute atomic E-state index is 0.102. The molecule has 1 aliphatic rings. The van der Waals surface area contributed by atoms with Crippen molar-refractivity contribution in [2.45, 2.75) is 44.3 Å². The summed E-state index contributed by atoms with van der Waals surface area (Å²) < 4.78 is 64.5. The first-order chi connectivity index (χ1) is 8.28. The van der Waals surface area contributed by atoms with E-state index in [-0.39, 0.29) is 38.1 Å². The van der Waals surface area contributed by atoms with Crippen LogP contribution in [0.25, 0.3) is 0 Å². The summed E-state index contributed by atoms with van der Waals surface area (Å²) in [6.07, 6.45) is -2.15. The van der Waals surface area contributed by atoms with Crippen LogP contribution in [0.15, 0.2) is 12.4 Å². The van der Waals surface area contributed by atoms with Gasteiger partial charge in [-0.05, 0) is 18.8 Å². The van der Waals surface area contributed by atoms with E-state index in [2.05, 4.69) is 4.98 Å². The smallest absolute Gasteiger partial charge is 0.327 e. The average Bonchev–Trinajstić information content (AvgIpc) is 2.69. The highest BCUT2D eigenvalue weighted by Crippen LogP contribution is 2.37. The molecular weight excluding hydrogens is 255 g/mol. The lowest BCUT2D eigenvalue weighted by Crippen LogP contribution is -2.27. The third-order valence-electron chi connectivity index (χ3n) is 3.26. The van der Waals surface area contributed by atoms with Gasteiger partial charge in [-0.15, -0.1) is 0 Å². The third-order valence-corrected chi connectivity index (χ3v) is 3.26. The molecule has 0 aliphatic heterocycles. The van der Waals surface area contributed by atoms with Gasteiger partial charge in [0.15, 0.2) is 0 Å². The first kappa shape index (κ1) is 13.3. The highest BCUT2D eigenvalue weighted by molar-refractivity contribution is 4.97. The predicted octanol–water partition coefficient (Wildman–Crippen LogP) is 3.73. The predicted molar refractivity (Wildman–Crippen MR) is 54.1 cm³/mol. The number of alkyl halides is 5. The van der Waals surface area contributed by atoms with Crippen LogP contribution in [0.4, 0.5) is 22.0 Å². The number of halogens is 5. The minimum atomic E-state index is -4.50. The van der Waals surface area contributed by atoms with Crippen LogP contribution in [0.1, 0.15) is 31.5 Å². The van der Waals surface area contributed by atoms with Crippen molar-refractivity contribution in [3.63, 3.8) is 0 Å². The van der Waals surface area contributed by atoms with E-state index >= 15 is 0 Å². The second-order valence-corrected chi connectivity index (χ2v) is 4.70. The van der Waals surface area contributed by atoms with Crippen LogP contribution in [0.3, 0.4) is 0 Å². The van der Waals surface area contributed by atoms with Gasteiger partial charge in [0.25, 0.3) is 0 Å². The summed E-state index contributed by atoms with van der Waals surface area (Å²) in [4.78, 5) is 3.27. The monoisotopic (exact) mass is 268 g/mol. The Morgan fingerprint density at radius 1 is 1.28 bits per heavy atom. The topological polar surface area (TPSA) is 17.8 Å². The number of aromatic nitrogens is 2. The van der Waals surface area contributed by atoms with E-state index in [0.717, 1.165) is 10.8 Å². The van der Waals surface area contributed by atoms with Crippen LogP contribution in [-0.2, 0) is 12.7 Å². The molecule has 0 amide bonds. The second-order valence-electron chi connectivity index (χ2n) is 4.70. The van der Waals surface area contributed by atoms with Crippen LogP contribution >= 0.6 is 0 Å². The molecule has 0 bridgehead atoms. The Morgan fingerprint density at radius 2 is 1.89 bits per heavy atom. The molecule has 0 radical (unpaired) electrons. The van der Waals surface area contributed by atoms with Gasteiger partial charge in [-0.2, -0.15) is 13.2 Å². The van der Waals surface area contributed by atoms with Gasteiger partial charge in [0.2, 0.25) is 11.7 Å². The van der Waals surface area contributed by atoms with E-state index in [1.165, 1.54) is 6.20 Å². The van der Waals surface area contributed by atoms with Crippen molar-refractivity contribution in [1.82, 2.24) is 9.55 Å². The fourth-order valence-corrected chi connectivity index (χ4v) is 2.27. The summed E-state index contributed by atoms with van der Waals surface area (Å²) in [5.74, 6) is -3.75. The number of hydrogen-bond donors (Lipinski definition) is 0. The first-order valence-corrected chi connectivity index (χ1v) is 5.74. The Hall–Kier alpha value is -1.14. The molecule has 1 aromatic rings. The molecule has 102 valence electrons. The van der Waals surface area contributed by atoms with Crippen LogP contribution in [0.5, 0.6) is 0 Å². The van der Waals surface area contributed by atoms with Gasteiger partial charge in [0.05, 0.1) is 0 Å². The molecule has 0 unspecified atom stereocenters. The molecule has 0 N–H and O–H groups in total. The molecule has 0 spiro atoms. The summed E-state index contributed by atoms with van der Waals surface area (Å²) in [5.41, 5.74) is 0. The summed E-state index contributed by atoms with van der Waals surface area (Å²) in [6, 6.07) is 0. The van der Waals surface area contributed by atoms with E-state index < -0.39 is 17.9 Å². The fourth-order valence-electron chi connectivity index (χ4n) is 2.27. The Bertz CT molecular complexity index is 400. The zero-order chi connectivity index (χ0) is 13.4. The molecule has 1 aromatic heterocycles. The molecule has 1 heterocycles. The van der Waals surface area contributed by atoms with Crippen molar-refractivity contribution in [2.75, 3.05) is 0 Å². The van der Waals surface area contributed by atoms with Crippen molar-refractivity contribution in [3.05, 3.63) is 18.2 Å². The maximum Gasteiger partial charge on any atom is 0.449 e. The van der Waals surface area contributed by atoms with Crippen molar-refractivity contribution >= 4 is 0 Å². The van der Waals surface area contributed by atoms with E-state index in [0.29, 0.717) is 0 Å². The standard InChI is InChI=1S/C11H13F5N2/c12-10(13)3-1-8(2-4-10)7-18-6-5-17-9(18)11(14,15)16/h5-6,8H,1-4,7H2. The first-order valence-electron chi connectivity index (χ1n) is 5.74. The second kappa shape index (κ2) is 4.51. The quantitative estimate of drug-likeness (QED) is 0.747. The van der Waals surface area contributed by atoms with E-state index in [9.17, 15) is 22.0 Å². The van der Waals surface area contributed by atoms with Crippen molar-refractivity contribution in [1.29, 1.82) is 0 Å². The molecule has 1 saturated carbocycles. The fraction of sp³-hybridized carbons (Fsp3) is 0.727. The molecular formula is C11H13F5N2. The normalized spacial score (nSPS) is 21.2. The van der Waals surface area contributed by atoms with Crippen LogP contribution < -0.4 is 0 Å². The Labute approximate surface area is 101 Å². The van der Waals surface area contributed by atoms with E-state index in [1.807, 2.05) is 0 Å². The highest BCUT2D eigenvalue weighted by Gasteiger charge is 2.38. The number of nitrogens with zero attached hydrogens (tertiary/aromatic N) is 2. The van der Waals surface area contributed by atoms with Gasteiger partial charge < -0.3 is 4.57 Å². The maximum atomic E-state index is 12.9. The van der Waals surface area contributed by atoms with Crippen molar-refractivity contribution < 1.29 is 22.0 Å². The molecule has 7 heteroatoms. The van der Waals surface area contributed by atoms with Gasteiger partial charge in [-0.1, -0.05) is 0 Å². The third kappa shape index (κ3) is 3.00. The number of hydrogen-bond acceptors (Lipinski definition) is 1. The molecule has 2 nitrogen and oxygen atoms in total. The lowest BCUT2D eigenvalue weighted by atomic mass is 9.87. The van der Waals surface area contributed by atoms with Gasteiger partial charge in [0, 0.05) is 31.8 Å². The zero-order valence-corrected chi connectivity index (χ0v) is 9.55. The van der Waals surface area contributed by atoms with E-state index in [4.69, 9.17) is 0 Å². The molecule has 0 aromatic carbocycles. The van der Waals surface area contributed by atoms with Gasteiger partial charge >= 0.3 is 6.18 Å². The van der Waals surface area contributed by atoms with Crippen LogP contribution in [-0.4, -0.2) is 15.5 Å². The lowest BCUT2D eigenvalue weighted by Gasteiger charge is -2.28. The molecule has 1 fully saturated rings. The molecule has 1 aliphatic carbocycles.